The number of ether oxygens (including phenoxy) is 1. The minimum absolute atomic E-state index is 0.108. The van der Waals surface area contributed by atoms with E-state index in [4.69, 9.17) is 4.74 Å². The SMILES string of the molecule is Cc1ncc(CNc2cc(OC(C)C)ncn2)s1. The van der Waals surface area contributed by atoms with Gasteiger partial charge < -0.3 is 10.1 Å². The van der Waals surface area contributed by atoms with Crippen molar-refractivity contribution in [2.45, 2.75) is 33.4 Å². The highest BCUT2D eigenvalue weighted by molar-refractivity contribution is 7.11. The van der Waals surface area contributed by atoms with Gasteiger partial charge in [0, 0.05) is 17.1 Å². The number of thiazole rings is 1. The smallest absolute Gasteiger partial charge is 0.218 e. The van der Waals surface area contributed by atoms with E-state index in [0.717, 1.165) is 10.8 Å². The van der Waals surface area contributed by atoms with Crippen LogP contribution < -0.4 is 10.1 Å². The topological polar surface area (TPSA) is 59.9 Å². The van der Waals surface area contributed by atoms with Gasteiger partial charge in [0.1, 0.15) is 12.1 Å². The first-order chi connectivity index (χ1) is 8.63. The molecule has 2 aromatic heterocycles. The van der Waals surface area contributed by atoms with Crippen LogP contribution in [0.3, 0.4) is 0 Å². The van der Waals surface area contributed by atoms with E-state index in [1.807, 2.05) is 27.0 Å². The summed E-state index contributed by atoms with van der Waals surface area (Å²) in [5.41, 5.74) is 0. The first-order valence-electron chi connectivity index (χ1n) is 5.77. The number of hydrogen-bond donors (Lipinski definition) is 1. The van der Waals surface area contributed by atoms with Gasteiger partial charge in [0.2, 0.25) is 5.88 Å². The molecule has 2 heterocycles. The predicted molar refractivity (Wildman–Crippen MR) is 72.0 cm³/mol. The van der Waals surface area contributed by atoms with Crippen LogP contribution >= 0.6 is 11.3 Å². The third kappa shape index (κ3) is 3.66. The highest BCUT2D eigenvalue weighted by Gasteiger charge is 2.03. The second kappa shape index (κ2) is 5.77. The van der Waals surface area contributed by atoms with Crippen molar-refractivity contribution in [2.75, 3.05) is 5.32 Å². The summed E-state index contributed by atoms with van der Waals surface area (Å²) in [6.07, 6.45) is 3.48. The fraction of sp³-hybridized carbons (Fsp3) is 0.417. The lowest BCUT2D eigenvalue weighted by molar-refractivity contribution is 0.232. The molecule has 0 bridgehead atoms. The largest absolute Gasteiger partial charge is 0.475 e. The van der Waals surface area contributed by atoms with E-state index in [-0.39, 0.29) is 6.10 Å². The van der Waals surface area contributed by atoms with E-state index >= 15 is 0 Å². The number of nitrogens with zero attached hydrogens (tertiary/aromatic N) is 3. The van der Waals surface area contributed by atoms with Crippen LogP contribution in [-0.2, 0) is 6.54 Å². The molecule has 6 heteroatoms. The fourth-order valence-electron chi connectivity index (χ4n) is 1.41. The Morgan fingerprint density at radius 1 is 1.33 bits per heavy atom. The molecule has 2 rings (SSSR count). The molecule has 0 atom stereocenters. The molecular formula is C12H16N4OS. The highest BCUT2D eigenvalue weighted by Crippen LogP contribution is 2.16. The molecule has 0 radical (unpaired) electrons. The van der Waals surface area contributed by atoms with Crippen molar-refractivity contribution in [1.82, 2.24) is 15.0 Å². The normalized spacial score (nSPS) is 10.7. The molecule has 0 aliphatic carbocycles. The molecule has 0 unspecified atom stereocenters. The Morgan fingerprint density at radius 2 is 2.17 bits per heavy atom. The van der Waals surface area contributed by atoms with Crippen molar-refractivity contribution in [3.8, 4) is 5.88 Å². The molecule has 0 saturated carbocycles. The van der Waals surface area contributed by atoms with Gasteiger partial charge in [0.15, 0.2) is 0 Å². The lowest BCUT2D eigenvalue weighted by atomic mass is 10.4. The zero-order valence-electron chi connectivity index (χ0n) is 10.7. The molecular weight excluding hydrogens is 248 g/mol. The van der Waals surface area contributed by atoms with Crippen LogP contribution in [0, 0.1) is 6.92 Å². The number of nitrogens with one attached hydrogen (secondary N) is 1. The monoisotopic (exact) mass is 264 g/mol. The maximum absolute atomic E-state index is 5.51. The van der Waals surface area contributed by atoms with Crippen LogP contribution in [0.2, 0.25) is 0 Å². The maximum Gasteiger partial charge on any atom is 0.218 e. The Balaban J connectivity index is 1.96. The van der Waals surface area contributed by atoms with Gasteiger partial charge in [-0.3, -0.25) is 0 Å². The van der Waals surface area contributed by atoms with Gasteiger partial charge in [-0.15, -0.1) is 11.3 Å². The summed E-state index contributed by atoms with van der Waals surface area (Å²) in [5.74, 6) is 1.34. The molecule has 5 nitrogen and oxygen atoms in total. The van der Waals surface area contributed by atoms with Gasteiger partial charge in [-0.1, -0.05) is 0 Å². The van der Waals surface area contributed by atoms with Crippen molar-refractivity contribution < 1.29 is 4.74 Å². The fourth-order valence-corrected chi connectivity index (χ4v) is 2.14. The average Bonchev–Trinajstić information content (AvgIpc) is 2.72. The van der Waals surface area contributed by atoms with E-state index in [0.29, 0.717) is 12.4 Å². The van der Waals surface area contributed by atoms with Crippen molar-refractivity contribution >= 4 is 17.2 Å². The molecule has 96 valence electrons. The first kappa shape index (κ1) is 12.8. The van der Waals surface area contributed by atoms with Crippen LogP contribution in [0.15, 0.2) is 18.6 Å². The van der Waals surface area contributed by atoms with Crippen LogP contribution in [0.1, 0.15) is 23.7 Å². The van der Waals surface area contributed by atoms with E-state index in [1.165, 1.54) is 11.2 Å². The summed E-state index contributed by atoms with van der Waals surface area (Å²) >= 11 is 1.67. The second-order valence-corrected chi connectivity index (χ2v) is 5.43. The van der Waals surface area contributed by atoms with Crippen LogP contribution in [0.5, 0.6) is 5.88 Å². The highest BCUT2D eigenvalue weighted by atomic mass is 32.1. The predicted octanol–water partition coefficient (Wildman–Crippen LogP) is 2.64. The number of aromatic nitrogens is 3. The summed E-state index contributed by atoms with van der Waals surface area (Å²) in [6.45, 7) is 6.64. The van der Waals surface area contributed by atoms with Gasteiger partial charge >= 0.3 is 0 Å². The molecule has 18 heavy (non-hydrogen) atoms. The Morgan fingerprint density at radius 3 is 2.83 bits per heavy atom. The summed E-state index contributed by atoms with van der Waals surface area (Å²) in [5, 5.41) is 4.30. The van der Waals surface area contributed by atoms with Crippen molar-refractivity contribution in [3.63, 3.8) is 0 Å². The number of aryl methyl sites for hydroxylation is 1. The Kier molecular flexibility index (Phi) is 4.09. The quantitative estimate of drug-likeness (QED) is 0.899. The standard InChI is InChI=1S/C12H16N4OS/c1-8(2)17-12-4-11(15-7-16-12)14-6-10-5-13-9(3)18-10/h4-5,7-8H,6H2,1-3H3,(H,14,15,16). The van der Waals surface area contributed by atoms with Crippen molar-refractivity contribution in [2.24, 2.45) is 0 Å². The zero-order valence-corrected chi connectivity index (χ0v) is 11.5. The van der Waals surface area contributed by atoms with Crippen LogP contribution in [0.4, 0.5) is 5.82 Å². The molecule has 0 amide bonds. The lowest BCUT2D eigenvalue weighted by Gasteiger charge is -2.09. The van der Waals surface area contributed by atoms with Crippen LogP contribution in [0.25, 0.3) is 0 Å². The van der Waals surface area contributed by atoms with E-state index < -0.39 is 0 Å². The summed E-state index contributed by atoms with van der Waals surface area (Å²) in [6, 6.07) is 1.80. The first-order valence-corrected chi connectivity index (χ1v) is 6.59. The average molecular weight is 264 g/mol. The van der Waals surface area contributed by atoms with Crippen molar-refractivity contribution in [3.05, 3.63) is 28.5 Å². The van der Waals surface area contributed by atoms with Gasteiger partial charge in [-0.2, -0.15) is 0 Å². The van der Waals surface area contributed by atoms with E-state index in [2.05, 4.69) is 20.3 Å². The summed E-state index contributed by atoms with van der Waals surface area (Å²) in [4.78, 5) is 13.6. The summed E-state index contributed by atoms with van der Waals surface area (Å²) < 4.78 is 5.51. The lowest BCUT2D eigenvalue weighted by Crippen LogP contribution is -2.08. The molecule has 0 aliphatic heterocycles. The van der Waals surface area contributed by atoms with Crippen LogP contribution in [-0.4, -0.2) is 21.1 Å². The third-order valence-electron chi connectivity index (χ3n) is 2.11. The Hall–Kier alpha value is -1.69. The molecule has 2 aromatic rings. The van der Waals surface area contributed by atoms with Gasteiger partial charge in [-0.05, 0) is 20.8 Å². The molecule has 1 N–H and O–H groups in total. The molecule has 0 saturated heterocycles. The van der Waals surface area contributed by atoms with Crippen molar-refractivity contribution in [1.29, 1.82) is 0 Å². The van der Waals surface area contributed by atoms with Gasteiger partial charge in [0.05, 0.1) is 17.7 Å². The Labute approximate surface area is 110 Å². The van der Waals surface area contributed by atoms with E-state index in [9.17, 15) is 0 Å². The minimum atomic E-state index is 0.108. The number of rotatable bonds is 5. The van der Waals surface area contributed by atoms with Gasteiger partial charge in [-0.25, -0.2) is 15.0 Å². The zero-order chi connectivity index (χ0) is 13.0. The third-order valence-corrected chi connectivity index (χ3v) is 3.02. The van der Waals surface area contributed by atoms with Gasteiger partial charge in [0.25, 0.3) is 0 Å². The molecule has 0 fully saturated rings. The molecule has 0 spiro atoms. The number of anilines is 1. The minimum Gasteiger partial charge on any atom is -0.475 e. The molecule has 0 aliphatic rings. The maximum atomic E-state index is 5.51. The second-order valence-electron chi connectivity index (χ2n) is 4.11. The Bertz CT molecular complexity index is 512. The number of hydrogen-bond acceptors (Lipinski definition) is 6. The van der Waals surface area contributed by atoms with E-state index in [1.54, 1.807) is 17.4 Å². The molecule has 0 aromatic carbocycles. The summed E-state index contributed by atoms with van der Waals surface area (Å²) in [7, 11) is 0.